The highest BCUT2D eigenvalue weighted by Gasteiger charge is 2.13. The van der Waals surface area contributed by atoms with Gasteiger partial charge in [0.2, 0.25) is 0 Å². The van der Waals surface area contributed by atoms with Crippen LogP contribution in [0.2, 0.25) is 0 Å². The molecule has 2 aromatic carbocycles. The number of ether oxygens (including phenoxy) is 1. The molecular formula is C20H25N5OS. The predicted molar refractivity (Wildman–Crippen MR) is 114 cm³/mol. The maximum Gasteiger partial charge on any atom is 0.184 e. The van der Waals surface area contributed by atoms with E-state index < -0.39 is 0 Å². The van der Waals surface area contributed by atoms with Crippen LogP contribution in [0.4, 0.5) is 5.69 Å². The first-order chi connectivity index (χ1) is 13.1. The van der Waals surface area contributed by atoms with Crippen LogP contribution in [0.1, 0.15) is 11.1 Å². The number of hydrogen-bond acceptors (Lipinski definition) is 5. The maximum atomic E-state index is 5.92. The van der Waals surface area contributed by atoms with Crippen molar-refractivity contribution in [3.63, 3.8) is 0 Å². The molecule has 0 unspecified atom stereocenters. The van der Waals surface area contributed by atoms with E-state index in [2.05, 4.69) is 39.5 Å². The second-order valence-electron chi connectivity index (χ2n) is 6.55. The maximum absolute atomic E-state index is 5.92. The molecule has 27 heavy (non-hydrogen) atoms. The summed E-state index contributed by atoms with van der Waals surface area (Å²) in [7, 11) is 2.17. The smallest absolute Gasteiger partial charge is 0.184 e. The summed E-state index contributed by atoms with van der Waals surface area (Å²) < 4.78 is 5.92. The van der Waals surface area contributed by atoms with Gasteiger partial charge in [0.15, 0.2) is 5.11 Å². The number of rotatable bonds is 6. The molecule has 142 valence electrons. The molecule has 3 rings (SSSR count). The van der Waals surface area contributed by atoms with Crippen LogP contribution in [0.5, 0.6) is 5.75 Å². The minimum atomic E-state index is 0.144. The SMILES string of the molecule is CN1CCN(c2ccc(OCc3cccc(/C=N/NC(N)=S)c3)cc2)CC1. The van der Waals surface area contributed by atoms with E-state index in [1.807, 2.05) is 36.4 Å². The molecule has 2 aromatic rings. The molecule has 1 aliphatic rings. The van der Waals surface area contributed by atoms with Gasteiger partial charge in [-0.05, 0) is 60.7 Å². The number of nitrogens with two attached hydrogens (primary N) is 1. The number of hydrogen-bond donors (Lipinski definition) is 2. The van der Waals surface area contributed by atoms with Crippen LogP contribution in [0.25, 0.3) is 0 Å². The Bertz CT molecular complexity index is 785. The van der Waals surface area contributed by atoms with E-state index >= 15 is 0 Å². The van der Waals surface area contributed by atoms with Crippen molar-refractivity contribution in [2.45, 2.75) is 6.61 Å². The number of benzene rings is 2. The fourth-order valence-electron chi connectivity index (χ4n) is 2.92. The Kier molecular flexibility index (Phi) is 6.62. The standard InChI is InChI=1S/C20H25N5OS/c1-24-9-11-25(12-10-24)18-5-7-19(8-6-18)26-15-17-4-2-3-16(13-17)14-22-23-20(21)27/h2-8,13-14H,9-12,15H2,1H3,(H3,21,23,27)/b22-14+. The fraction of sp³-hybridized carbons (Fsp3) is 0.300. The summed E-state index contributed by atoms with van der Waals surface area (Å²) in [4.78, 5) is 4.76. The zero-order chi connectivity index (χ0) is 19.1. The third-order valence-corrected chi connectivity index (χ3v) is 4.54. The third kappa shape index (κ3) is 5.94. The van der Waals surface area contributed by atoms with E-state index in [9.17, 15) is 0 Å². The molecule has 1 aliphatic heterocycles. The monoisotopic (exact) mass is 383 g/mol. The molecule has 0 aliphatic carbocycles. The van der Waals surface area contributed by atoms with Crippen LogP contribution >= 0.6 is 12.2 Å². The first kappa shape index (κ1) is 19.1. The summed E-state index contributed by atoms with van der Waals surface area (Å²) in [5.41, 5.74) is 11.2. The number of likely N-dealkylation sites (N-methyl/N-ethyl adjacent to an activating group) is 1. The second kappa shape index (κ2) is 9.34. The normalized spacial score (nSPS) is 15.1. The molecule has 0 aromatic heterocycles. The summed E-state index contributed by atoms with van der Waals surface area (Å²) in [6, 6.07) is 16.3. The van der Waals surface area contributed by atoms with Gasteiger partial charge in [0.25, 0.3) is 0 Å². The molecule has 1 fully saturated rings. The topological polar surface area (TPSA) is 66.1 Å². The first-order valence-electron chi connectivity index (χ1n) is 8.94. The zero-order valence-electron chi connectivity index (χ0n) is 15.5. The summed E-state index contributed by atoms with van der Waals surface area (Å²) in [6.45, 7) is 4.83. The largest absolute Gasteiger partial charge is 0.489 e. The zero-order valence-corrected chi connectivity index (χ0v) is 16.3. The van der Waals surface area contributed by atoms with Gasteiger partial charge in [0.1, 0.15) is 12.4 Å². The molecule has 0 radical (unpaired) electrons. The highest BCUT2D eigenvalue weighted by molar-refractivity contribution is 7.80. The number of nitrogens with one attached hydrogen (secondary N) is 1. The van der Waals surface area contributed by atoms with Crippen molar-refractivity contribution in [2.24, 2.45) is 10.8 Å². The lowest BCUT2D eigenvalue weighted by Gasteiger charge is -2.34. The van der Waals surface area contributed by atoms with Crippen molar-refractivity contribution in [3.8, 4) is 5.75 Å². The minimum Gasteiger partial charge on any atom is -0.489 e. The molecule has 0 atom stereocenters. The first-order valence-corrected chi connectivity index (χ1v) is 9.35. The number of hydrazone groups is 1. The highest BCUT2D eigenvalue weighted by Crippen LogP contribution is 2.21. The van der Waals surface area contributed by atoms with E-state index in [0.29, 0.717) is 6.61 Å². The van der Waals surface area contributed by atoms with Gasteiger partial charge in [-0.15, -0.1) is 0 Å². The van der Waals surface area contributed by atoms with Crippen molar-refractivity contribution in [2.75, 3.05) is 38.1 Å². The van der Waals surface area contributed by atoms with Gasteiger partial charge < -0.3 is 20.3 Å². The molecule has 1 saturated heterocycles. The number of anilines is 1. The Morgan fingerprint density at radius 3 is 2.63 bits per heavy atom. The molecular weight excluding hydrogens is 358 g/mol. The van der Waals surface area contributed by atoms with Gasteiger partial charge in [-0.25, -0.2) is 0 Å². The van der Waals surface area contributed by atoms with Crippen LogP contribution in [0, 0.1) is 0 Å². The van der Waals surface area contributed by atoms with Gasteiger partial charge in [-0.2, -0.15) is 5.10 Å². The fourth-order valence-corrected chi connectivity index (χ4v) is 2.97. The van der Waals surface area contributed by atoms with Gasteiger partial charge in [-0.1, -0.05) is 18.2 Å². The number of thiocarbonyl (C=S) groups is 1. The average Bonchev–Trinajstić information content (AvgIpc) is 2.68. The Morgan fingerprint density at radius 2 is 1.93 bits per heavy atom. The molecule has 3 N–H and O–H groups in total. The van der Waals surface area contributed by atoms with Gasteiger partial charge in [-0.3, -0.25) is 5.43 Å². The molecule has 7 heteroatoms. The lowest BCUT2D eigenvalue weighted by molar-refractivity contribution is 0.305. The number of nitrogens with zero attached hydrogens (tertiary/aromatic N) is 3. The summed E-state index contributed by atoms with van der Waals surface area (Å²) in [6.07, 6.45) is 1.67. The predicted octanol–water partition coefficient (Wildman–Crippen LogP) is 2.18. The van der Waals surface area contributed by atoms with E-state index in [1.165, 1.54) is 5.69 Å². The Labute approximate surface area is 165 Å². The van der Waals surface area contributed by atoms with Crippen LogP contribution in [-0.4, -0.2) is 49.5 Å². The molecule has 1 heterocycles. The van der Waals surface area contributed by atoms with Crippen LogP contribution in [0.3, 0.4) is 0 Å². The molecule has 0 saturated carbocycles. The lowest BCUT2D eigenvalue weighted by atomic mass is 10.1. The third-order valence-electron chi connectivity index (χ3n) is 4.45. The van der Waals surface area contributed by atoms with E-state index in [1.54, 1.807) is 6.21 Å². The van der Waals surface area contributed by atoms with Crippen LogP contribution in [0.15, 0.2) is 53.6 Å². The Hall–Kier alpha value is -2.64. The van der Waals surface area contributed by atoms with Gasteiger partial charge in [0.05, 0.1) is 6.21 Å². The van der Waals surface area contributed by atoms with Crippen LogP contribution in [-0.2, 0) is 6.61 Å². The molecule has 0 amide bonds. The lowest BCUT2D eigenvalue weighted by Crippen LogP contribution is -2.44. The average molecular weight is 384 g/mol. The van der Waals surface area contributed by atoms with Gasteiger partial charge in [0, 0.05) is 31.9 Å². The summed E-state index contributed by atoms with van der Waals surface area (Å²) >= 11 is 4.72. The molecule has 0 spiro atoms. The Morgan fingerprint density at radius 1 is 1.19 bits per heavy atom. The van der Waals surface area contributed by atoms with Crippen molar-refractivity contribution in [1.82, 2.24) is 10.3 Å². The van der Waals surface area contributed by atoms with E-state index in [0.717, 1.165) is 43.1 Å². The van der Waals surface area contributed by atoms with Crippen LogP contribution < -0.4 is 20.8 Å². The molecule has 6 nitrogen and oxygen atoms in total. The van der Waals surface area contributed by atoms with Crippen molar-refractivity contribution in [3.05, 3.63) is 59.7 Å². The summed E-state index contributed by atoms with van der Waals surface area (Å²) in [5, 5.41) is 4.11. The quantitative estimate of drug-likeness (QED) is 0.453. The molecule has 0 bridgehead atoms. The summed E-state index contributed by atoms with van der Waals surface area (Å²) in [5.74, 6) is 0.863. The highest BCUT2D eigenvalue weighted by atomic mass is 32.1. The Balaban J connectivity index is 1.54. The van der Waals surface area contributed by atoms with Crippen molar-refractivity contribution in [1.29, 1.82) is 0 Å². The number of piperazine rings is 1. The van der Waals surface area contributed by atoms with E-state index in [-0.39, 0.29) is 5.11 Å². The van der Waals surface area contributed by atoms with E-state index in [4.69, 9.17) is 22.7 Å². The van der Waals surface area contributed by atoms with Crippen molar-refractivity contribution < 1.29 is 4.74 Å². The second-order valence-corrected chi connectivity index (χ2v) is 6.99. The minimum absolute atomic E-state index is 0.144. The van der Waals surface area contributed by atoms with Crippen molar-refractivity contribution >= 4 is 29.2 Å². The van der Waals surface area contributed by atoms with Gasteiger partial charge >= 0.3 is 0 Å².